The molecule has 2 fully saturated rings. The first kappa shape index (κ1) is 18.7. The zero-order valence-corrected chi connectivity index (χ0v) is 16.5. The maximum absolute atomic E-state index is 12.7. The van der Waals surface area contributed by atoms with Crippen LogP contribution in [0.5, 0.6) is 0 Å². The molecule has 9 nitrogen and oxygen atoms in total. The van der Waals surface area contributed by atoms with Gasteiger partial charge >= 0.3 is 0 Å². The first-order valence-electron chi connectivity index (χ1n) is 9.19. The number of aromatic nitrogens is 3. The minimum Gasteiger partial charge on any atom is -0.342 e. The molecule has 3 amide bonds. The fraction of sp³-hybridized carbons (Fsp3) is 0.500. The maximum atomic E-state index is 12.7. The van der Waals surface area contributed by atoms with Crippen LogP contribution in [-0.4, -0.2) is 66.8 Å². The van der Waals surface area contributed by atoms with E-state index in [2.05, 4.69) is 10.1 Å². The van der Waals surface area contributed by atoms with E-state index in [9.17, 15) is 19.2 Å². The molecule has 2 aromatic heterocycles. The molecule has 2 aliphatic rings. The minimum absolute atomic E-state index is 0.0270. The predicted octanol–water partition coefficient (Wildman–Crippen LogP) is 1.12. The number of carbonyl (C=O) groups excluding carboxylic acids is 3. The number of fused-ring (bicyclic) bond motifs is 1. The van der Waals surface area contributed by atoms with Crippen molar-refractivity contribution in [3.8, 4) is 0 Å². The number of nitrogens with one attached hydrogen (secondary N) is 1. The lowest BCUT2D eigenvalue weighted by Gasteiger charge is -2.32. The van der Waals surface area contributed by atoms with Gasteiger partial charge in [-0.1, -0.05) is 11.8 Å². The fourth-order valence-corrected chi connectivity index (χ4v) is 4.75. The third-order valence-electron chi connectivity index (χ3n) is 5.30. The van der Waals surface area contributed by atoms with Gasteiger partial charge in [0, 0.05) is 56.0 Å². The number of carbonyl (C=O) groups is 3. The van der Waals surface area contributed by atoms with Gasteiger partial charge in [0.1, 0.15) is 5.25 Å². The first-order chi connectivity index (χ1) is 13.3. The lowest BCUT2D eigenvalue weighted by molar-refractivity contribution is -0.135. The Morgan fingerprint density at radius 3 is 2.82 bits per heavy atom. The SMILES string of the molecule is Cc1cc(=O)n2[nH]c(C3CCCN(C(=O)CC4SC(=O)N(C)C4=O)C3)cc2n1. The molecule has 2 atom stereocenters. The van der Waals surface area contributed by atoms with Crippen molar-refractivity contribution in [3.05, 3.63) is 33.9 Å². The van der Waals surface area contributed by atoms with Crippen molar-refractivity contribution in [3.63, 3.8) is 0 Å². The van der Waals surface area contributed by atoms with Crippen molar-refractivity contribution in [2.45, 2.75) is 37.4 Å². The monoisotopic (exact) mass is 403 g/mol. The summed E-state index contributed by atoms with van der Waals surface area (Å²) in [6.45, 7) is 2.91. The molecule has 2 aliphatic heterocycles. The molecule has 0 spiro atoms. The van der Waals surface area contributed by atoms with E-state index in [0.29, 0.717) is 24.4 Å². The second-order valence-electron chi connectivity index (χ2n) is 7.29. The number of nitrogens with zero attached hydrogens (tertiary/aromatic N) is 4. The third kappa shape index (κ3) is 3.32. The summed E-state index contributed by atoms with van der Waals surface area (Å²) in [6, 6.07) is 3.33. The van der Waals surface area contributed by atoms with Gasteiger partial charge < -0.3 is 4.90 Å². The molecule has 148 valence electrons. The van der Waals surface area contributed by atoms with E-state index in [-0.39, 0.29) is 35.0 Å². The van der Waals surface area contributed by atoms with Crippen molar-refractivity contribution in [2.24, 2.45) is 0 Å². The van der Waals surface area contributed by atoms with Crippen LogP contribution in [0.25, 0.3) is 5.65 Å². The summed E-state index contributed by atoms with van der Waals surface area (Å²) in [5, 5.41) is 2.16. The van der Waals surface area contributed by atoms with E-state index in [1.807, 2.05) is 6.07 Å². The van der Waals surface area contributed by atoms with Gasteiger partial charge in [-0.25, -0.2) is 9.50 Å². The van der Waals surface area contributed by atoms with Gasteiger partial charge in [-0.05, 0) is 19.8 Å². The van der Waals surface area contributed by atoms with E-state index < -0.39 is 5.25 Å². The largest absolute Gasteiger partial charge is 0.342 e. The van der Waals surface area contributed by atoms with E-state index in [1.165, 1.54) is 17.6 Å². The highest BCUT2D eigenvalue weighted by molar-refractivity contribution is 8.15. The van der Waals surface area contributed by atoms with E-state index >= 15 is 0 Å². The quantitative estimate of drug-likeness (QED) is 0.823. The lowest BCUT2D eigenvalue weighted by atomic mass is 9.94. The molecular weight excluding hydrogens is 382 g/mol. The highest BCUT2D eigenvalue weighted by Crippen LogP contribution is 2.31. The van der Waals surface area contributed by atoms with Crippen LogP contribution in [-0.2, 0) is 9.59 Å². The van der Waals surface area contributed by atoms with Crippen LogP contribution in [0.1, 0.15) is 36.6 Å². The summed E-state index contributed by atoms with van der Waals surface area (Å²) in [5.74, 6) is -0.371. The number of H-pyrrole nitrogens is 1. The molecular formula is C18H21N5O4S. The van der Waals surface area contributed by atoms with Crippen molar-refractivity contribution in [1.82, 2.24) is 24.4 Å². The standard InChI is InChI=1S/C18H21N5O4S/c1-10-6-16(25)23-14(19-10)7-12(20-23)11-4-3-5-22(9-11)15(24)8-13-17(26)21(2)18(27)28-13/h6-7,11,13,20H,3-5,8-9H2,1-2H3. The summed E-state index contributed by atoms with van der Waals surface area (Å²) in [6.07, 6.45) is 1.75. The van der Waals surface area contributed by atoms with Gasteiger partial charge in [0.15, 0.2) is 5.65 Å². The van der Waals surface area contributed by atoms with Crippen LogP contribution >= 0.6 is 11.8 Å². The molecule has 4 rings (SSSR count). The van der Waals surface area contributed by atoms with E-state index in [4.69, 9.17) is 0 Å². The first-order valence-corrected chi connectivity index (χ1v) is 10.1. The maximum Gasteiger partial charge on any atom is 0.288 e. The number of rotatable bonds is 3. The second kappa shape index (κ2) is 7.08. The molecule has 0 bridgehead atoms. The Labute approximate surface area is 165 Å². The fourth-order valence-electron chi connectivity index (χ4n) is 3.77. The summed E-state index contributed by atoms with van der Waals surface area (Å²) in [4.78, 5) is 55.7. The predicted molar refractivity (Wildman–Crippen MR) is 103 cm³/mol. The number of imide groups is 1. The summed E-state index contributed by atoms with van der Waals surface area (Å²) in [7, 11) is 1.44. The van der Waals surface area contributed by atoms with Crippen LogP contribution < -0.4 is 5.56 Å². The average Bonchev–Trinajstić information content (AvgIpc) is 3.19. The molecule has 2 saturated heterocycles. The third-order valence-corrected chi connectivity index (χ3v) is 6.42. The van der Waals surface area contributed by atoms with Crippen LogP contribution in [0.15, 0.2) is 16.9 Å². The van der Waals surface area contributed by atoms with E-state index in [0.717, 1.165) is 35.2 Å². The van der Waals surface area contributed by atoms with Gasteiger partial charge in [-0.2, -0.15) is 0 Å². The number of likely N-dealkylation sites (tertiary alicyclic amines) is 1. The number of hydrogen-bond donors (Lipinski definition) is 1. The normalized spacial score (nSPS) is 23.1. The number of thioether (sulfide) groups is 1. The number of aromatic amines is 1. The highest BCUT2D eigenvalue weighted by atomic mass is 32.2. The number of piperidine rings is 1. The molecule has 2 unspecified atom stereocenters. The smallest absolute Gasteiger partial charge is 0.288 e. The summed E-state index contributed by atoms with van der Waals surface area (Å²) >= 11 is 0.915. The molecule has 1 N–H and O–H groups in total. The Kier molecular flexibility index (Phi) is 4.74. The van der Waals surface area contributed by atoms with Crippen LogP contribution in [0.4, 0.5) is 4.79 Å². The molecule has 0 radical (unpaired) electrons. The number of hydrogen-bond acceptors (Lipinski definition) is 6. The van der Waals surface area contributed by atoms with Gasteiger partial charge in [-0.15, -0.1) is 0 Å². The Morgan fingerprint density at radius 2 is 2.11 bits per heavy atom. The molecule has 0 aromatic carbocycles. The lowest BCUT2D eigenvalue weighted by Crippen LogP contribution is -2.41. The molecule has 28 heavy (non-hydrogen) atoms. The van der Waals surface area contributed by atoms with Crippen LogP contribution in [0.3, 0.4) is 0 Å². The van der Waals surface area contributed by atoms with Gasteiger partial charge in [0.25, 0.3) is 10.8 Å². The average molecular weight is 403 g/mol. The Hall–Kier alpha value is -2.62. The number of amides is 3. The Balaban J connectivity index is 1.48. The number of aryl methyl sites for hydroxylation is 1. The summed E-state index contributed by atoms with van der Waals surface area (Å²) in [5.41, 5.74) is 1.93. The van der Waals surface area contributed by atoms with Crippen molar-refractivity contribution in [2.75, 3.05) is 20.1 Å². The topological polar surface area (TPSA) is 108 Å². The van der Waals surface area contributed by atoms with Crippen LogP contribution in [0, 0.1) is 6.92 Å². The van der Waals surface area contributed by atoms with Crippen LogP contribution in [0.2, 0.25) is 0 Å². The highest BCUT2D eigenvalue weighted by Gasteiger charge is 2.39. The van der Waals surface area contributed by atoms with E-state index in [1.54, 1.807) is 11.8 Å². The molecule has 10 heteroatoms. The molecule has 4 heterocycles. The zero-order valence-electron chi connectivity index (χ0n) is 15.7. The second-order valence-corrected chi connectivity index (χ2v) is 8.45. The van der Waals surface area contributed by atoms with Crippen molar-refractivity contribution >= 4 is 34.5 Å². The Bertz CT molecular complexity index is 1030. The zero-order chi connectivity index (χ0) is 20.0. The van der Waals surface area contributed by atoms with Gasteiger partial charge in [0.05, 0.1) is 0 Å². The molecule has 2 aromatic rings. The van der Waals surface area contributed by atoms with Crippen molar-refractivity contribution in [1.29, 1.82) is 0 Å². The van der Waals surface area contributed by atoms with Gasteiger partial charge in [-0.3, -0.25) is 29.2 Å². The Morgan fingerprint density at radius 1 is 1.32 bits per heavy atom. The molecule has 0 aliphatic carbocycles. The molecule has 0 saturated carbocycles. The minimum atomic E-state index is -0.635. The van der Waals surface area contributed by atoms with Crippen molar-refractivity contribution < 1.29 is 14.4 Å². The summed E-state index contributed by atoms with van der Waals surface area (Å²) < 4.78 is 1.42. The van der Waals surface area contributed by atoms with Gasteiger partial charge in [0.2, 0.25) is 11.8 Å².